The van der Waals surface area contributed by atoms with Crippen molar-refractivity contribution in [1.29, 1.82) is 0 Å². The molecule has 0 aromatic heterocycles. The molecule has 0 bridgehead atoms. The van der Waals surface area contributed by atoms with E-state index in [1.165, 1.54) is 11.8 Å². The van der Waals surface area contributed by atoms with Gasteiger partial charge < -0.3 is 4.74 Å². The molecule has 0 saturated carbocycles. The second-order valence-electron chi connectivity index (χ2n) is 4.44. The van der Waals surface area contributed by atoms with Gasteiger partial charge in [-0.3, -0.25) is 9.59 Å². The predicted octanol–water partition coefficient (Wildman–Crippen LogP) is 1.90. The molecule has 2 heterocycles. The number of imide groups is 1. The van der Waals surface area contributed by atoms with Gasteiger partial charge in [0.2, 0.25) is 5.91 Å². The van der Waals surface area contributed by atoms with Gasteiger partial charge in [-0.2, -0.15) is 0 Å². The molecule has 0 N–H and O–H groups in total. The zero-order chi connectivity index (χ0) is 14.3. The van der Waals surface area contributed by atoms with Gasteiger partial charge in [0.15, 0.2) is 5.17 Å². The summed E-state index contributed by atoms with van der Waals surface area (Å²) >= 11 is 1.31. The third-order valence-electron chi connectivity index (χ3n) is 3.10. The maximum absolute atomic E-state index is 12.2. The van der Waals surface area contributed by atoms with Crippen LogP contribution in [0.3, 0.4) is 0 Å². The van der Waals surface area contributed by atoms with Gasteiger partial charge in [-0.05, 0) is 30.7 Å². The minimum atomic E-state index is -0.349. The van der Waals surface area contributed by atoms with E-state index in [0.717, 1.165) is 16.2 Å². The number of amidine groups is 1. The van der Waals surface area contributed by atoms with E-state index < -0.39 is 0 Å². The second kappa shape index (κ2) is 4.79. The van der Waals surface area contributed by atoms with Crippen LogP contribution in [0.2, 0.25) is 0 Å². The summed E-state index contributed by atoms with van der Waals surface area (Å²) in [5.74, 6) is 0.200. The first-order valence-corrected chi connectivity index (χ1v) is 6.97. The van der Waals surface area contributed by atoms with E-state index in [9.17, 15) is 9.59 Å². The number of thioether (sulfide) groups is 1. The zero-order valence-electron chi connectivity index (χ0n) is 11.0. The lowest BCUT2D eigenvalue weighted by Crippen LogP contribution is -2.33. The Morgan fingerprint density at radius 2 is 2.00 bits per heavy atom. The average Bonchev–Trinajstić information content (AvgIpc) is 2.89. The first-order valence-electron chi connectivity index (χ1n) is 6.09. The molecular formula is C14H12N2O3S. The molecule has 20 heavy (non-hydrogen) atoms. The van der Waals surface area contributed by atoms with E-state index >= 15 is 0 Å². The highest BCUT2D eigenvalue weighted by atomic mass is 32.2. The molecular weight excluding hydrogens is 276 g/mol. The van der Waals surface area contributed by atoms with Crippen molar-refractivity contribution in [2.75, 3.05) is 7.11 Å². The number of benzene rings is 1. The van der Waals surface area contributed by atoms with E-state index in [1.54, 1.807) is 20.1 Å². The lowest BCUT2D eigenvalue weighted by Gasteiger charge is -2.06. The van der Waals surface area contributed by atoms with Crippen LogP contribution in [0, 0.1) is 0 Å². The molecule has 0 aliphatic carbocycles. The van der Waals surface area contributed by atoms with E-state index in [0.29, 0.717) is 5.17 Å². The maximum Gasteiger partial charge on any atom is 0.285 e. The molecule has 6 heteroatoms. The summed E-state index contributed by atoms with van der Waals surface area (Å²) in [5, 5.41) is 0.243. The normalized spacial score (nSPS) is 23.3. The van der Waals surface area contributed by atoms with Crippen molar-refractivity contribution in [3.63, 3.8) is 0 Å². The van der Waals surface area contributed by atoms with Gasteiger partial charge in [0, 0.05) is 0 Å². The van der Waals surface area contributed by atoms with E-state index in [1.807, 2.05) is 24.3 Å². The number of hydrogen-bond donors (Lipinski definition) is 0. The number of carbonyl (C=O) groups is 2. The Kier molecular flexibility index (Phi) is 3.10. The Hall–Kier alpha value is -2.08. The van der Waals surface area contributed by atoms with Crippen LogP contribution < -0.4 is 4.74 Å². The molecule has 2 aliphatic rings. The third-order valence-corrected chi connectivity index (χ3v) is 4.14. The van der Waals surface area contributed by atoms with Crippen LogP contribution in [0.1, 0.15) is 12.5 Å². The van der Waals surface area contributed by atoms with Crippen LogP contribution in [0.5, 0.6) is 5.75 Å². The minimum Gasteiger partial charge on any atom is -0.497 e. The highest BCUT2D eigenvalue weighted by Crippen LogP contribution is 2.33. The summed E-state index contributed by atoms with van der Waals surface area (Å²) in [6.45, 7) is 1.77. The highest BCUT2D eigenvalue weighted by Gasteiger charge is 2.44. The van der Waals surface area contributed by atoms with Crippen LogP contribution in [-0.2, 0) is 9.59 Å². The van der Waals surface area contributed by atoms with Gasteiger partial charge in [-0.1, -0.05) is 23.9 Å². The van der Waals surface area contributed by atoms with Crippen molar-refractivity contribution in [1.82, 2.24) is 4.90 Å². The topological polar surface area (TPSA) is 59.0 Å². The van der Waals surface area contributed by atoms with Gasteiger partial charge in [-0.25, -0.2) is 9.89 Å². The second-order valence-corrected chi connectivity index (χ2v) is 5.74. The van der Waals surface area contributed by atoms with Crippen molar-refractivity contribution >= 4 is 34.8 Å². The molecule has 1 fully saturated rings. The fourth-order valence-electron chi connectivity index (χ4n) is 2.02. The van der Waals surface area contributed by atoms with Crippen molar-refractivity contribution in [2.24, 2.45) is 4.99 Å². The van der Waals surface area contributed by atoms with E-state index in [2.05, 4.69) is 4.99 Å². The molecule has 1 saturated heterocycles. The lowest BCUT2D eigenvalue weighted by molar-refractivity contribution is -0.135. The molecule has 102 valence electrons. The zero-order valence-corrected chi connectivity index (χ0v) is 11.8. The molecule has 2 aliphatic heterocycles. The van der Waals surface area contributed by atoms with Gasteiger partial charge in [-0.15, -0.1) is 0 Å². The summed E-state index contributed by atoms with van der Waals surface area (Å²) in [7, 11) is 1.60. The highest BCUT2D eigenvalue weighted by molar-refractivity contribution is 8.15. The van der Waals surface area contributed by atoms with Crippen LogP contribution in [0.25, 0.3) is 6.08 Å². The summed E-state index contributed by atoms with van der Waals surface area (Å²) in [6.07, 6.45) is 1.67. The number of rotatable bonds is 2. The fourth-order valence-corrected chi connectivity index (χ4v) is 2.97. The van der Waals surface area contributed by atoms with E-state index in [4.69, 9.17) is 4.74 Å². The van der Waals surface area contributed by atoms with Gasteiger partial charge in [0.1, 0.15) is 11.4 Å². The SMILES string of the molecule is COc1ccc(C=C2N=C3S[C@H](C)C(=O)N3C2=O)cc1. The lowest BCUT2D eigenvalue weighted by atomic mass is 10.2. The number of aliphatic imine (C=N–C) groups is 1. The number of fused-ring (bicyclic) bond motifs is 1. The quantitative estimate of drug-likeness (QED) is 0.616. The Balaban J connectivity index is 1.90. The molecule has 5 nitrogen and oxygen atoms in total. The largest absolute Gasteiger partial charge is 0.497 e. The number of amides is 2. The molecule has 0 radical (unpaired) electrons. The standard InChI is InChI=1S/C14H12N2O3S/c1-8-12(17)16-13(18)11(15-14(16)20-8)7-9-3-5-10(19-2)6-4-9/h3-8H,1-2H3/t8-/m1/s1. The molecule has 0 unspecified atom stereocenters. The first kappa shape index (κ1) is 12.9. The average molecular weight is 288 g/mol. The van der Waals surface area contributed by atoms with Gasteiger partial charge in [0.25, 0.3) is 5.91 Å². The minimum absolute atomic E-state index is 0.197. The molecule has 3 rings (SSSR count). The number of nitrogens with zero attached hydrogens (tertiary/aromatic N) is 2. The Morgan fingerprint density at radius 1 is 1.30 bits per heavy atom. The summed E-state index contributed by atoms with van der Waals surface area (Å²) < 4.78 is 5.08. The van der Waals surface area contributed by atoms with Crippen molar-refractivity contribution in [2.45, 2.75) is 12.2 Å². The maximum atomic E-state index is 12.2. The first-order chi connectivity index (χ1) is 9.60. The van der Waals surface area contributed by atoms with Crippen molar-refractivity contribution in [3.8, 4) is 5.75 Å². The Labute approximate surface area is 120 Å². The van der Waals surface area contributed by atoms with Gasteiger partial charge in [0.05, 0.1) is 12.4 Å². The number of hydrogen-bond acceptors (Lipinski definition) is 5. The number of methoxy groups -OCH3 is 1. The van der Waals surface area contributed by atoms with Crippen molar-refractivity contribution in [3.05, 3.63) is 35.5 Å². The summed E-state index contributed by atoms with van der Waals surface area (Å²) in [6, 6.07) is 7.28. The summed E-state index contributed by atoms with van der Waals surface area (Å²) in [5.41, 5.74) is 1.13. The number of carbonyl (C=O) groups excluding carboxylic acids is 2. The molecule has 0 spiro atoms. The van der Waals surface area contributed by atoms with Crippen molar-refractivity contribution < 1.29 is 14.3 Å². The third kappa shape index (κ3) is 2.02. The Bertz CT molecular complexity index is 649. The van der Waals surface area contributed by atoms with Crippen LogP contribution >= 0.6 is 11.8 Å². The molecule has 2 amide bonds. The van der Waals surface area contributed by atoms with Crippen LogP contribution in [0.4, 0.5) is 0 Å². The van der Waals surface area contributed by atoms with Gasteiger partial charge >= 0.3 is 0 Å². The predicted molar refractivity (Wildman–Crippen MR) is 77.3 cm³/mol. The van der Waals surface area contributed by atoms with Crippen LogP contribution in [0.15, 0.2) is 35.0 Å². The molecule has 1 aromatic rings. The summed E-state index contributed by atoms with van der Waals surface area (Å²) in [4.78, 5) is 29.4. The fraction of sp³-hybridized carbons (Fsp3) is 0.214. The number of ether oxygens (including phenoxy) is 1. The van der Waals surface area contributed by atoms with E-state index in [-0.39, 0.29) is 22.8 Å². The smallest absolute Gasteiger partial charge is 0.285 e. The Morgan fingerprint density at radius 3 is 2.60 bits per heavy atom. The molecule has 1 atom stereocenters. The van der Waals surface area contributed by atoms with Crippen LogP contribution in [-0.4, -0.2) is 34.2 Å². The molecule has 1 aromatic carbocycles. The monoisotopic (exact) mass is 288 g/mol.